The van der Waals surface area contributed by atoms with Gasteiger partial charge in [-0.1, -0.05) is 56.6 Å². The first-order valence-corrected chi connectivity index (χ1v) is 12.8. The molecule has 2 aromatic carbocycles. The number of anilines is 2. The SMILES string of the molecule is CCCCNc1ccc(S(=O)(=O)N(CC)CC)cc1NCc1nc(-c2ccccc2C)no1. The van der Waals surface area contributed by atoms with E-state index in [1.807, 2.05) is 45.0 Å². The zero-order valence-corrected chi connectivity index (χ0v) is 20.6. The van der Waals surface area contributed by atoms with Crippen molar-refractivity contribution in [2.24, 2.45) is 0 Å². The number of hydrogen-bond acceptors (Lipinski definition) is 7. The van der Waals surface area contributed by atoms with Crippen LogP contribution in [0, 0.1) is 6.92 Å². The standard InChI is InChI=1S/C24H33N5O3S/c1-5-8-15-25-21-14-13-19(33(30,31)29(6-2)7-3)16-22(21)26-17-23-27-24(28-32-23)20-12-10-9-11-18(20)4/h9-14,16,25-26H,5-8,15,17H2,1-4H3. The van der Waals surface area contributed by atoms with Crippen molar-refractivity contribution in [3.8, 4) is 11.4 Å². The van der Waals surface area contributed by atoms with E-state index in [9.17, 15) is 8.42 Å². The maximum atomic E-state index is 13.0. The molecule has 0 spiro atoms. The normalized spacial score (nSPS) is 11.7. The van der Waals surface area contributed by atoms with E-state index in [0.29, 0.717) is 30.5 Å². The van der Waals surface area contributed by atoms with Crippen LogP contribution in [0.5, 0.6) is 0 Å². The summed E-state index contributed by atoms with van der Waals surface area (Å²) in [6.07, 6.45) is 2.08. The smallest absolute Gasteiger partial charge is 0.246 e. The molecule has 3 rings (SSSR count). The van der Waals surface area contributed by atoms with Crippen molar-refractivity contribution < 1.29 is 12.9 Å². The maximum Gasteiger partial charge on any atom is 0.246 e. The quantitative estimate of drug-likeness (QED) is 0.362. The van der Waals surface area contributed by atoms with Crippen molar-refractivity contribution in [3.05, 3.63) is 53.9 Å². The lowest BCUT2D eigenvalue weighted by atomic mass is 10.1. The van der Waals surface area contributed by atoms with E-state index >= 15 is 0 Å². The van der Waals surface area contributed by atoms with Crippen molar-refractivity contribution in [2.75, 3.05) is 30.3 Å². The van der Waals surface area contributed by atoms with Crippen molar-refractivity contribution in [2.45, 2.75) is 52.0 Å². The molecule has 0 unspecified atom stereocenters. The van der Waals surface area contributed by atoms with Crippen LogP contribution in [0.4, 0.5) is 11.4 Å². The van der Waals surface area contributed by atoms with Gasteiger partial charge in [-0.25, -0.2) is 8.42 Å². The van der Waals surface area contributed by atoms with Crippen LogP contribution in [0.3, 0.4) is 0 Å². The van der Waals surface area contributed by atoms with Gasteiger partial charge in [0.05, 0.1) is 22.8 Å². The number of aromatic nitrogens is 2. The largest absolute Gasteiger partial charge is 0.383 e. The van der Waals surface area contributed by atoms with Gasteiger partial charge in [-0.2, -0.15) is 9.29 Å². The van der Waals surface area contributed by atoms with Crippen LogP contribution in [0.15, 0.2) is 51.9 Å². The number of unbranched alkanes of at least 4 members (excludes halogenated alkanes) is 1. The molecule has 178 valence electrons. The number of nitrogens with zero attached hydrogens (tertiary/aromatic N) is 3. The number of nitrogens with one attached hydrogen (secondary N) is 2. The van der Waals surface area contributed by atoms with E-state index in [4.69, 9.17) is 4.52 Å². The first kappa shape index (κ1) is 24.7. The minimum atomic E-state index is -3.57. The van der Waals surface area contributed by atoms with Crippen LogP contribution < -0.4 is 10.6 Å². The highest BCUT2D eigenvalue weighted by Crippen LogP contribution is 2.28. The third-order valence-electron chi connectivity index (χ3n) is 5.46. The van der Waals surface area contributed by atoms with E-state index in [-0.39, 0.29) is 11.4 Å². The first-order chi connectivity index (χ1) is 15.9. The molecule has 0 aliphatic heterocycles. The van der Waals surface area contributed by atoms with Crippen molar-refractivity contribution in [1.82, 2.24) is 14.4 Å². The van der Waals surface area contributed by atoms with Crippen molar-refractivity contribution in [3.63, 3.8) is 0 Å². The van der Waals surface area contributed by atoms with Crippen LogP contribution in [0.2, 0.25) is 0 Å². The summed E-state index contributed by atoms with van der Waals surface area (Å²) < 4.78 is 32.9. The Morgan fingerprint density at radius 3 is 2.45 bits per heavy atom. The van der Waals surface area contributed by atoms with Crippen molar-refractivity contribution in [1.29, 1.82) is 0 Å². The van der Waals surface area contributed by atoms with E-state index in [1.54, 1.807) is 18.2 Å². The summed E-state index contributed by atoms with van der Waals surface area (Å²) in [5.41, 5.74) is 3.49. The molecule has 0 radical (unpaired) electrons. The monoisotopic (exact) mass is 471 g/mol. The van der Waals surface area contributed by atoms with Gasteiger partial charge in [0.15, 0.2) is 0 Å². The highest BCUT2D eigenvalue weighted by molar-refractivity contribution is 7.89. The molecule has 33 heavy (non-hydrogen) atoms. The average molecular weight is 472 g/mol. The Labute approximate surface area is 196 Å². The Morgan fingerprint density at radius 2 is 1.76 bits per heavy atom. The van der Waals surface area contributed by atoms with E-state index in [0.717, 1.165) is 36.2 Å². The fraction of sp³-hybridized carbons (Fsp3) is 0.417. The van der Waals surface area contributed by atoms with E-state index < -0.39 is 10.0 Å². The number of sulfonamides is 1. The zero-order chi connectivity index (χ0) is 23.8. The molecule has 0 bridgehead atoms. The van der Waals surface area contributed by atoms with Gasteiger partial charge in [0.25, 0.3) is 0 Å². The van der Waals surface area contributed by atoms with Crippen LogP contribution in [0.25, 0.3) is 11.4 Å². The maximum absolute atomic E-state index is 13.0. The number of aryl methyl sites for hydroxylation is 1. The third kappa shape index (κ3) is 5.91. The second-order valence-electron chi connectivity index (χ2n) is 7.76. The van der Waals surface area contributed by atoms with E-state index in [2.05, 4.69) is 27.7 Å². The van der Waals surface area contributed by atoms with E-state index in [1.165, 1.54) is 4.31 Å². The summed E-state index contributed by atoms with van der Waals surface area (Å²) in [6.45, 7) is 9.71. The summed E-state index contributed by atoms with van der Waals surface area (Å²) in [5, 5.41) is 10.8. The molecule has 0 amide bonds. The van der Waals surface area contributed by atoms with Gasteiger partial charge in [-0.15, -0.1) is 0 Å². The second-order valence-corrected chi connectivity index (χ2v) is 9.70. The number of hydrogen-bond donors (Lipinski definition) is 2. The third-order valence-corrected chi connectivity index (χ3v) is 7.51. The Hall–Kier alpha value is -2.91. The predicted octanol–water partition coefficient (Wildman–Crippen LogP) is 4.90. The van der Waals surface area contributed by atoms with Gasteiger partial charge in [0.2, 0.25) is 21.7 Å². The van der Waals surface area contributed by atoms with Crippen LogP contribution in [-0.4, -0.2) is 42.5 Å². The van der Waals surface area contributed by atoms with Gasteiger partial charge in [-0.3, -0.25) is 0 Å². The molecule has 1 aromatic heterocycles. The summed E-state index contributed by atoms with van der Waals surface area (Å²) in [4.78, 5) is 4.75. The fourth-order valence-corrected chi connectivity index (χ4v) is 5.01. The number of benzene rings is 2. The summed E-state index contributed by atoms with van der Waals surface area (Å²) in [7, 11) is -3.57. The first-order valence-electron chi connectivity index (χ1n) is 11.4. The molecule has 0 aliphatic carbocycles. The summed E-state index contributed by atoms with van der Waals surface area (Å²) in [6, 6.07) is 13.0. The van der Waals surface area contributed by atoms with Crippen molar-refractivity contribution >= 4 is 21.4 Å². The van der Waals surface area contributed by atoms with Gasteiger partial charge >= 0.3 is 0 Å². The van der Waals surface area contributed by atoms with Crippen LogP contribution >= 0.6 is 0 Å². The molecule has 0 saturated carbocycles. The Bertz CT molecular complexity index is 1160. The molecule has 0 saturated heterocycles. The highest BCUT2D eigenvalue weighted by atomic mass is 32.2. The van der Waals surface area contributed by atoms with Gasteiger partial charge in [0.1, 0.15) is 0 Å². The molecular formula is C24H33N5O3S. The minimum Gasteiger partial charge on any atom is -0.383 e. The minimum absolute atomic E-state index is 0.251. The lowest BCUT2D eigenvalue weighted by Gasteiger charge is -2.20. The topological polar surface area (TPSA) is 100 Å². The van der Waals surface area contributed by atoms with Gasteiger partial charge in [0, 0.05) is 25.2 Å². The fourth-order valence-electron chi connectivity index (χ4n) is 3.53. The molecule has 0 fully saturated rings. The van der Waals surface area contributed by atoms with Gasteiger partial charge in [-0.05, 0) is 37.1 Å². The molecule has 0 aliphatic rings. The lowest BCUT2D eigenvalue weighted by Crippen LogP contribution is -2.30. The zero-order valence-electron chi connectivity index (χ0n) is 19.8. The highest BCUT2D eigenvalue weighted by Gasteiger charge is 2.23. The second kappa shape index (κ2) is 11.3. The molecule has 2 N–H and O–H groups in total. The molecule has 0 atom stereocenters. The number of rotatable bonds is 12. The Morgan fingerprint density at radius 1 is 1.00 bits per heavy atom. The van der Waals surface area contributed by atoms with Crippen LogP contribution in [0.1, 0.15) is 45.1 Å². The van der Waals surface area contributed by atoms with Gasteiger partial charge < -0.3 is 15.2 Å². The molecule has 3 aromatic rings. The summed E-state index contributed by atoms with van der Waals surface area (Å²) >= 11 is 0. The molecule has 9 heteroatoms. The molecule has 1 heterocycles. The Kier molecular flexibility index (Phi) is 8.46. The average Bonchev–Trinajstić information content (AvgIpc) is 3.28. The molecule has 8 nitrogen and oxygen atoms in total. The Balaban J connectivity index is 1.84. The summed E-state index contributed by atoms with van der Waals surface area (Å²) in [5.74, 6) is 0.953. The van der Waals surface area contributed by atoms with Crippen LogP contribution in [-0.2, 0) is 16.6 Å². The lowest BCUT2D eigenvalue weighted by molar-refractivity contribution is 0.384. The molecular weight excluding hydrogens is 438 g/mol. The predicted molar refractivity (Wildman–Crippen MR) is 132 cm³/mol.